The highest BCUT2D eigenvalue weighted by Crippen LogP contribution is 2.36. The van der Waals surface area contributed by atoms with E-state index >= 15 is 0 Å². The number of hydrogen-bond acceptors (Lipinski definition) is 2. The van der Waals surface area contributed by atoms with E-state index in [1.165, 1.54) is 6.07 Å². The van der Waals surface area contributed by atoms with Gasteiger partial charge in [0.15, 0.2) is 0 Å². The van der Waals surface area contributed by atoms with Gasteiger partial charge in [-0.3, -0.25) is 0 Å². The van der Waals surface area contributed by atoms with Crippen LogP contribution < -0.4 is 11.1 Å². The fourth-order valence-corrected chi connectivity index (χ4v) is 2.99. The maximum Gasteiger partial charge on any atom is 0.418 e. The van der Waals surface area contributed by atoms with Crippen LogP contribution in [0, 0.1) is 11.8 Å². The van der Waals surface area contributed by atoms with Crippen LogP contribution in [0.25, 0.3) is 0 Å². The SMILES string of the molecule is CC1CCC(Nc2ccc(N)c(C(F)(F)F)c2)C(C)C1. The molecule has 0 bridgehead atoms. The fraction of sp³-hybridized carbons (Fsp3) is 0.600. The van der Waals surface area contributed by atoms with Crippen molar-refractivity contribution in [2.75, 3.05) is 11.1 Å². The van der Waals surface area contributed by atoms with Crippen LogP contribution in [-0.2, 0) is 6.18 Å². The molecule has 0 heterocycles. The molecule has 2 rings (SSSR count). The van der Waals surface area contributed by atoms with Crippen molar-refractivity contribution in [3.63, 3.8) is 0 Å². The molecule has 1 aromatic rings. The van der Waals surface area contributed by atoms with E-state index in [1.807, 2.05) is 0 Å². The number of halogens is 3. The van der Waals surface area contributed by atoms with Crippen molar-refractivity contribution >= 4 is 11.4 Å². The van der Waals surface area contributed by atoms with Gasteiger partial charge in [-0.2, -0.15) is 13.2 Å². The van der Waals surface area contributed by atoms with Gasteiger partial charge in [-0.15, -0.1) is 0 Å². The lowest BCUT2D eigenvalue weighted by atomic mass is 9.80. The third-order valence-corrected chi connectivity index (χ3v) is 4.14. The smallest absolute Gasteiger partial charge is 0.398 e. The number of nitrogens with two attached hydrogens (primary N) is 1. The quantitative estimate of drug-likeness (QED) is 0.784. The second-order valence-corrected chi connectivity index (χ2v) is 5.95. The third-order valence-electron chi connectivity index (χ3n) is 4.14. The number of rotatable bonds is 2. The van der Waals surface area contributed by atoms with Crippen molar-refractivity contribution in [2.24, 2.45) is 11.8 Å². The summed E-state index contributed by atoms with van der Waals surface area (Å²) < 4.78 is 38.5. The van der Waals surface area contributed by atoms with Crippen LogP contribution in [0.1, 0.15) is 38.7 Å². The minimum atomic E-state index is -4.41. The molecular weight excluding hydrogens is 265 g/mol. The van der Waals surface area contributed by atoms with Crippen molar-refractivity contribution in [3.05, 3.63) is 23.8 Å². The van der Waals surface area contributed by atoms with Crippen LogP contribution in [0.4, 0.5) is 24.5 Å². The predicted molar refractivity (Wildman–Crippen MR) is 75.4 cm³/mol. The lowest BCUT2D eigenvalue weighted by Gasteiger charge is -2.34. The maximum atomic E-state index is 12.8. The second-order valence-electron chi connectivity index (χ2n) is 5.95. The van der Waals surface area contributed by atoms with Gasteiger partial charge in [0.2, 0.25) is 0 Å². The Hall–Kier alpha value is -1.39. The lowest BCUT2D eigenvalue weighted by Crippen LogP contribution is -2.33. The summed E-state index contributed by atoms with van der Waals surface area (Å²) in [5.41, 5.74) is 4.91. The van der Waals surface area contributed by atoms with E-state index in [1.54, 1.807) is 6.07 Å². The molecule has 1 fully saturated rings. The second kappa shape index (κ2) is 5.54. The molecule has 20 heavy (non-hydrogen) atoms. The van der Waals surface area contributed by atoms with E-state index in [4.69, 9.17) is 5.73 Å². The highest BCUT2D eigenvalue weighted by molar-refractivity contribution is 5.58. The molecule has 0 aliphatic heterocycles. The normalized spacial score (nSPS) is 27.4. The highest BCUT2D eigenvalue weighted by Gasteiger charge is 2.33. The summed E-state index contributed by atoms with van der Waals surface area (Å²) in [5, 5.41) is 3.24. The molecule has 1 aliphatic rings. The van der Waals surface area contributed by atoms with Gasteiger partial charge >= 0.3 is 6.18 Å². The van der Waals surface area contributed by atoms with E-state index in [0.29, 0.717) is 17.5 Å². The summed E-state index contributed by atoms with van der Waals surface area (Å²) in [4.78, 5) is 0. The van der Waals surface area contributed by atoms with Crippen LogP contribution in [0.2, 0.25) is 0 Å². The fourth-order valence-electron chi connectivity index (χ4n) is 2.99. The molecule has 0 amide bonds. The number of benzene rings is 1. The molecule has 0 spiro atoms. The molecule has 0 radical (unpaired) electrons. The molecule has 112 valence electrons. The van der Waals surface area contributed by atoms with Gasteiger partial charge in [0.05, 0.1) is 5.56 Å². The van der Waals surface area contributed by atoms with Crippen LogP contribution in [0.5, 0.6) is 0 Å². The Morgan fingerprint density at radius 1 is 1.20 bits per heavy atom. The minimum Gasteiger partial charge on any atom is -0.398 e. The Kier molecular flexibility index (Phi) is 4.16. The Morgan fingerprint density at radius 3 is 2.50 bits per heavy atom. The summed E-state index contributed by atoms with van der Waals surface area (Å²) in [6.45, 7) is 4.37. The van der Waals surface area contributed by atoms with Crippen LogP contribution >= 0.6 is 0 Å². The first-order valence-corrected chi connectivity index (χ1v) is 7.00. The van der Waals surface area contributed by atoms with Crippen molar-refractivity contribution in [1.82, 2.24) is 0 Å². The van der Waals surface area contributed by atoms with Crippen LogP contribution in [0.15, 0.2) is 18.2 Å². The molecule has 3 unspecified atom stereocenters. The monoisotopic (exact) mass is 286 g/mol. The summed E-state index contributed by atoms with van der Waals surface area (Å²) in [6.07, 6.45) is -1.19. The Balaban J connectivity index is 2.14. The standard InChI is InChI=1S/C15H21F3N2/c1-9-3-6-14(10(2)7-9)20-11-4-5-13(19)12(8-11)15(16,17)18/h4-5,8-10,14,20H,3,6-7,19H2,1-2H3. The first-order chi connectivity index (χ1) is 9.27. The maximum absolute atomic E-state index is 12.8. The van der Waals surface area contributed by atoms with Gasteiger partial charge in [-0.25, -0.2) is 0 Å². The Morgan fingerprint density at radius 2 is 1.90 bits per heavy atom. The molecule has 2 nitrogen and oxygen atoms in total. The van der Waals surface area contributed by atoms with Gasteiger partial charge in [-0.05, 0) is 49.3 Å². The molecule has 1 aromatic carbocycles. The largest absolute Gasteiger partial charge is 0.418 e. The predicted octanol–water partition coefficient (Wildman–Crippen LogP) is 4.52. The van der Waals surface area contributed by atoms with E-state index < -0.39 is 11.7 Å². The van der Waals surface area contributed by atoms with Gasteiger partial charge in [0, 0.05) is 17.4 Å². The van der Waals surface area contributed by atoms with Crippen molar-refractivity contribution in [3.8, 4) is 0 Å². The Labute approximate surface area is 117 Å². The summed E-state index contributed by atoms with van der Waals surface area (Å²) >= 11 is 0. The van der Waals surface area contributed by atoms with E-state index in [2.05, 4.69) is 19.2 Å². The van der Waals surface area contributed by atoms with E-state index in [0.717, 1.165) is 25.3 Å². The summed E-state index contributed by atoms with van der Waals surface area (Å²) in [6, 6.07) is 4.28. The van der Waals surface area contributed by atoms with Crippen LogP contribution in [0.3, 0.4) is 0 Å². The van der Waals surface area contributed by atoms with Crippen molar-refractivity contribution in [2.45, 2.75) is 45.3 Å². The molecule has 0 aromatic heterocycles. The number of alkyl halides is 3. The number of nitrogens with one attached hydrogen (secondary N) is 1. The molecule has 1 aliphatic carbocycles. The van der Waals surface area contributed by atoms with Gasteiger partial charge in [-0.1, -0.05) is 13.8 Å². The van der Waals surface area contributed by atoms with Gasteiger partial charge in [0.25, 0.3) is 0 Å². The first kappa shape index (κ1) is 15.0. The average molecular weight is 286 g/mol. The molecule has 5 heteroatoms. The highest BCUT2D eigenvalue weighted by atomic mass is 19.4. The number of hydrogen-bond donors (Lipinski definition) is 2. The molecule has 0 saturated heterocycles. The first-order valence-electron chi connectivity index (χ1n) is 7.00. The topological polar surface area (TPSA) is 38.0 Å². The summed E-state index contributed by atoms with van der Waals surface area (Å²) in [5.74, 6) is 1.16. The van der Waals surface area contributed by atoms with Crippen molar-refractivity contribution < 1.29 is 13.2 Å². The van der Waals surface area contributed by atoms with Crippen molar-refractivity contribution in [1.29, 1.82) is 0 Å². The van der Waals surface area contributed by atoms with E-state index in [-0.39, 0.29) is 11.7 Å². The molecular formula is C15H21F3N2. The summed E-state index contributed by atoms with van der Waals surface area (Å²) in [7, 11) is 0. The minimum absolute atomic E-state index is 0.228. The van der Waals surface area contributed by atoms with Gasteiger partial charge in [0.1, 0.15) is 0 Å². The molecule has 3 N–H and O–H groups in total. The van der Waals surface area contributed by atoms with E-state index in [9.17, 15) is 13.2 Å². The number of anilines is 2. The lowest BCUT2D eigenvalue weighted by molar-refractivity contribution is -0.136. The zero-order valence-corrected chi connectivity index (χ0v) is 11.8. The van der Waals surface area contributed by atoms with Crippen LogP contribution in [-0.4, -0.2) is 6.04 Å². The molecule has 1 saturated carbocycles. The van der Waals surface area contributed by atoms with Gasteiger partial charge < -0.3 is 11.1 Å². The zero-order valence-electron chi connectivity index (χ0n) is 11.8. The molecule has 3 atom stereocenters. The average Bonchev–Trinajstić information content (AvgIpc) is 2.33. The zero-order chi connectivity index (χ0) is 14.9. The third kappa shape index (κ3) is 3.38. The number of nitrogen functional groups attached to an aromatic ring is 1. The Bertz CT molecular complexity index is 471.